The molecule has 1 fully saturated rings. The Morgan fingerprint density at radius 1 is 0.974 bits per heavy atom. The molecular weight excluding hydrogens is 510 g/mol. The number of ketones is 1. The van der Waals surface area contributed by atoms with Crippen molar-refractivity contribution >= 4 is 35.2 Å². The second-order valence-corrected chi connectivity index (χ2v) is 8.13. The zero-order valence-corrected chi connectivity index (χ0v) is 20.9. The van der Waals surface area contributed by atoms with Gasteiger partial charge in [0.15, 0.2) is 23.9 Å². The number of hydrazine groups is 1. The predicted octanol–water partition coefficient (Wildman–Crippen LogP) is 1.10. The van der Waals surface area contributed by atoms with Crippen LogP contribution in [0.25, 0.3) is 0 Å². The van der Waals surface area contributed by atoms with Gasteiger partial charge in [0.05, 0.1) is 38.1 Å². The van der Waals surface area contributed by atoms with Gasteiger partial charge >= 0.3 is 5.97 Å². The molecule has 1 aliphatic rings. The van der Waals surface area contributed by atoms with Gasteiger partial charge in [-0.2, -0.15) is 0 Å². The van der Waals surface area contributed by atoms with Gasteiger partial charge in [0.1, 0.15) is 11.7 Å². The third-order valence-electron chi connectivity index (χ3n) is 5.70. The highest BCUT2D eigenvalue weighted by Crippen LogP contribution is 2.28. The monoisotopic (exact) mass is 533 g/mol. The van der Waals surface area contributed by atoms with Crippen LogP contribution >= 0.6 is 0 Å². The minimum absolute atomic E-state index is 0.0338. The van der Waals surface area contributed by atoms with Crippen LogP contribution in [0.2, 0.25) is 0 Å². The highest BCUT2D eigenvalue weighted by molar-refractivity contribution is 6.22. The summed E-state index contributed by atoms with van der Waals surface area (Å²) in [6.45, 7) is -0.507. The summed E-state index contributed by atoms with van der Waals surface area (Å²) in [6.07, 6.45) is 3.81. The second-order valence-electron chi connectivity index (χ2n) is 8.13. The Morgan fingerprint density at radius 3 is 2.36 bits per heavy atom. The predicted molar refractivity (Wildman–Crippen MR) is 134 cm³/mol. The number of hydrogen-bond donors (Lipinski definition) is 2. The Labute approximate surface area is 222 Å². The average molecular weight is 533 g/mol. The third kappa shape index (κ3) is 6.05. The summed E-state index contributed by atoms with van der Waals surface area (Å²) in [5.41, 5.74) is 5.54. The van der Waals surface area contributed by atoms with Crippen molar-refractivity contribution in [2.24, 2.45) is 0 Å². The molecule has 2 N–H and O–H groups in total. The van der Waals surface area contributed by atoms with E-state index in [0.29, 0.717) is 11.5 Å². The number of imide groups is 1. The maximum Gasteiger partial charge on any atom is 0.338 e. The van der Waals surface area contributed by atoms with E-state index in [4.69, 9.17) is 14.2 Å². The number of Topliss-reactive ketones (excluding diaryl/α,β-unsaturated/α-hetero) is 1. The van der Waals surface area contributed by atoms with Gasteiger partial charge in [0, 0.05) is 18.0 Å². The highest BCUT2D eigenvalue weighted by Gasteiger charge is 2.39. The molecule has 1 saturated heterocycles. The number of hydrogen-bond acceptors (Lipinski definition) is 11. The van der Waals surface area contributed by atoms with Gasteiger partial charge < -0.3 is 14.2 Å². The third-order valence-corrected chi connectivity index (χ3v) is 5.70. The van der Waals surface area contributed by atoms with Crippen molar-refractivity contribution in [3.8, 4) is 11.5 Å². The van der Waals surface area contributed by atoms with Gasteiger partial charge in [-0.3, -0.25) is 29.6 Å². The van der Waals surface area contributed by atoms with E-state index in [2.05, 4.69) is 20.8 Å². The number of nitrogens with one attached hydrogen (secondary N) is 2. The van der Waals surface area contributed by atoms with E-state index in [-0.39, 0.29) is 28.9 Å². The van der Waals surface area contributed by atoms with Crippen molar-refractivity contribution in [2.75, 3.05) is 25.7 Å². The number of benzene rings is 2. The number of ether oxygens (including phenoxy) is 3. The molecule has 3 amide bonds. The molecule has 39 heavy (non-hydrogen) atoms. The first-order chi connectivity index (χ1) is 18.8. The summed E-state index contributed by atoms with van der Waals surface area (Å²) in [5.74, 6) is -2.09. The number of carbonyl (C=O) groups is 5. The number of aromatic nitrogens is 2. The second kappa shape index (κ2) is 11.9. The molecule has 13 heteroatoms. The number of anilines is 1. The first-order valence-corrected chi connectivity index (χ1v) is 11.5. The molecule has 2 aromatic carbocycles. The van der Waals surface area contributed by atoms with Gasteiger partial charge in [-0.25, -0.2) is 20.1 Å². The number of rotatable bonds is 10. The van der Waals surface area contributed by atoms with Crippen molar-refractivity contribution in [2.45, 2.75) is 12.5 Å². The smallest absolute Gasteiger partial charge is 0.338 e. The van der Waals surface area contributed by atoms with E-state index in [1.807, 2.05) is 0 Å². The normalized spacial score (nSPS) is 14.6. The van der Waals surface area contributed by atoms with Crippen LogP contribution in [-0.2, 0) is 14.3 Å². The molecule has 1 aromatic heterocycles. The lowest BCUT2D eigenvalue weighted by molar-refractivity contribution is -0.121. The topological polar surface area (TPSA) is 166 Å². The lowest BCUT2D eigenvalue weighted by Crippen LogP contribution is -2.48. The number of methoxy groups -OCH3 is 2. The fourth-order valence-corrected chi connectivity index (χ4v) is 3.70. The molecule has 0 saturated carbocycles. The molecule has 0 bridgehead atoms. The summed E-state index contributed by atoms with van der Waals surface area (Å²) < 4.78 is 15.4. The quantitative estimate of drug-likeness (QED) is 0.166. The lowest BCUT2D eigenvalue weighted by Gasteiger charge is -2.16. The minimum Gasteiger partial charge on any atom is -0.493 e. The molecule has 4 rings (SSSR count). The van der Waals surface area contributed by atoms with E-state index in [9.17, 15) is 24.0 Å². The van der Waals surface area contributed by atoms with Crippen LogP contribution in [0.5, 0.6) is 11.5 Å². The Hall–Kier alpha value is -5.17. The molecule has 13 nitrogen and oxygen atoms in total. The Morgan fingerprint density at radius 2 is 1.69 bits per heavy atom. The maximum absolute atomic E-state index is 12.8. The van der Waals surface area contributed by atoms with Crippen molar-refractivity contribution in [3.05, 3.63) is 77.9 Å². The molecule has 0 spiro atoms. The first kappa shape index (κ1) is 26.9. The molecule has 2 heterocycles. The van der Waals surface area contributed by atoms with E-state index < -0.39 is 42.1 Å². The Balaban J connectivity index is 1.33. The standard InChI is InChI=1S/C26H23N5O8/c1-37-21-8-5-16(11-22(21)38-2)20(32)14-39-26(36)15-3-6-17(7-4-15)31-23(33)12-18(25(31)35)29-30-24(34)19-13-27-9-10-28-19/h3-11,13,18,29H,12,14H2,1-2H3,(H,30,34). The van der Waals surface area contributed by atoms with Crippen LogP contribution in [0.4, 0.5) is 5.69 Å². The van der Waals surface area contributed by atoms with Crippen LogP contribution in [0.3, 0.4) is 0 Å². The average Bonchev–Trinajstić information content (AvgIpc) is 3.26. The van der Waals surface area contributed by atoms with E-state index >= 15 is 0 Å². The van der Waals surface area contributed by atoms with E-state index in [0.717, 1.165) is 4.90 Å². The summed E-state index contributed by atoms with van der Waals surface area (Å²) >= 11 is 0. The maximum atomic E-state index is 12.8. The zero-order valence-electron chi connectivity index (χ0n) is 20.9. The highest BCUT2D eigenvalue weighted by atomic mass is 16.5. The van der Waals surface area contributed by atoms with Crippen molar-refractivity contribution < 1.29 is 38.2 Å². The minimum atomic E-state index is -0.995. The first-order valence-electron chi connectivity index (χ1n) is 11.5. The summed E-state index contributed by atoms with van der Waals surface area (Å²) in [5, 5.41) is 0. The Bertz CT molecular complexity index is 1410. The van der Waals surface area contributed by atoms with E-state index in [1.54, 1.807) is 6.07 Å². The zero-order chi connectivity index (χ0) is 27.9. The van der Waals surface area contributed by atoms with Crippen LogP contribution < -0.4 is 25.2 Å². The van der Waals surface area contributed by atoms with Gasteiger partial charge in [-0.15, -0.1) is 0 Å². The van der Waals surface area contributed by atoms with Gasteiger partial charge in [0.25, 0.3) is 11.8 Å². The van der Waals surface area contributed by atoms with E-state index in [1.165, 1.54) is 69.2 Å². The van der Waals surface area contributed by atoms with Crippen LogP contribution in [0.15, 0.2) is 61.1 Å². The number of esters is 1. The molecule has 0 radical (unpaired) electrons. The van der Waals surface area contributed by atoms with Gasteiger partial charge in [-0.1, -0.05) is 0 Å². The molecule has 3 aromatic rings. The molecule has 0 aliphatic carbocycles. The summed E-state index contributed by atoms with van der Waals surface area (Å²) in [6, 6.07) is 9.14. The van der Waals surface area contributed by atoms with Crippen LogP contribution in [0.1, 0.15) is 37.6 Å². The molecular formula is C26H23N5O8. The molecule has 1 aliphatic heterocycles. The van der Waals surface area contributed by atoms with Crippen LogP contribution in [-0.4, -0.2) is 66.3 Å². The van der Waals surface area contributed by atoms with Crippen LogP contribution in [0, 0.1) is 0 Å². The molecule has 1 unspecified atom stereocenters. The Kier molecular flexibility index (Phi) is 8.21. The largest absolute Gasteiger partial charge is 0.493 e. The lowest BCUT2D eigenvalue weighted by atomic mass is 10.1. The van der Waals surface area contributed by atoms with Gasteiger partial charge in [-0.05, 0) is 42.5 Å². The number of amides is 3. The number of carbonyl (C=O) groups excluding carboxylic acids is 5. The van der Waals surface area contributed by atoms with Crippen molar-refractivity contribution in [3.63, 3.8) is 0 Å². The fourth-order valence-electron chi connectivity index (χ4n) is 3.70. The SMILES string of the molecule is COc1ccc(C(=O)COC(=O)c2ccc(N3C(=O)CC(NNC(=O)c4cnccn4)C3=O)cc2)cc1OC. The van der Waals surface area contributed by atoms with Gasteiger partial charge in [0.2, 0.25) is 5.91 Å². The molecule has 200 valence electrons. The van der Waals surface area contributed by atoms with Crippen molar-refractivity contribution in [1.29, 1.82) is 0 Å². The number of nitrogens with zero attached hydrogens (tertiary/aromatic N) is 3. The summed E-state index contributed by atoms with van der Waals surface area (Å²) in [4.78, 5) is 70.9. The molecule has 1 atom stereocenters. The summed E-state index contributed by atoms with van der Waals surface area (Å²) in [7, 11) is 2.91. The van der Waals surface area contributed by atoms with Crippen molar-refractivity contribution in [1.82, 2.24) is 20.8 Å². The fraction of sp³-hybridized carbons (Fsp3) is 0.192.